The van der Waals surface area contributed by atoms with Gasteiger partial charge >= 0.3 is 0 Å². The van der Waals surface area contributed by atoms with Crippen molar-refractivity contribution in [1.29, 1.82) is 0 Å². The summed E-state index contributed by atoms with van der Waals surface area (Å²) in [5, 5.41) is 7.69. The van der Waals surface area contributed by atoms with Crippen molar-refractivity contribution in [2.75, 3.05) is 27.3 Å². The number of ether oxygens (including phenoxy) is 1. The lowest BCUT2D eigenvalue weighted by molar-refractivity contribution is 0.0937. The smallest absolute Gasteiger partial charge is 0.252 e. The average Bonchev–Trinajstić information content (AvgIpc) is 2.67. The summed E-state index contributed by atoms with van der Waals surface area (Å²) in [6, 6.07) is 1.91. The van der Waals surface area contributed by atoms with Gasteiger partial charge in [0.25, 0.3) is 5.91 Å². The maximum Gasteiger partial charge on any atom is 0.252 e. The van der Waals surface area contributed by atoms with Crippen LogP contribution in [0.25, 0.3) is 0 Å². The predicted molar refractivity (Wildman–Crippen MR) is 61.3 cm³/mol. The first-order valence-electron chi connectivity index (χ1n) is 4.77. The van der Waals surface area contributed by atoms with Crippen LogP contribution in [0.3, 0.4) is 0 Å². The second-order valence-electron chi connectivity index (χ2n) is 3.08. The van der Waals surface area contributed by atoms with Crippen molar-refractivity contribution in [2.24, 2.45) is 0 Å². The molecule has 0 fully saturated rings. The van der Waals surface area contributed by atoms with E-state index in [0.717, 1.165) is 17.0 Å². The summed E-state index contributed by atoms with van der Waals surface area (Å²) in [5.74, 6) is -0.0364. The predicted octanol–water partition coefficient (Wildman–Crippen LogP) is 0.844. The number of amides is 1. The van der Waals surface area contributed by atoms with E-state index in [1.54, 1.807) is 18.4 Å². The quantitative estimate of drug-likeness (QED) is 0.710. The van der Waals surface area contributed by atoms with Crippen molar-refractivity contribution in [3.63, 3.8) is 0 Å². The molecule has 1 aromatic heterocycles. The van der Waals surface area contributed by atoms with Crippen molar-refractivity contribution in [3.8, 4) is 0 Å². The summed E-state index contributed by atoms with van der Waals surface area (Å²) >= 11 is 1.59. The number of methoxy groups -OCH3 is 1. The van der Waals surface area contributed by atoms with Gasteiger partial charge in [0.15, 0.2) is 0 Å². The Hall–Kier alpha value is -0.910. The molecule has 1 heterocycles. The fourth-order valence-corrected chi connectivity index (χ4v) is 2.01. The minimum atomic E-state index is -0.0364. The molecule has 0 bridgehead atoms. The molecule has 0 saturated heterocycles. The van der Waals surface area contributed by atoms with E-state index in [9.17, 15) is 4.79 Å². The van der Waals surface area contributed by atoms with Crippen LogP contribution in [-0.2, 0) is 11.3 Å². The van der Waals surface area contributed by atoms with Crippen LogP contribution in [-0.4, -0.2) is 33.2 Å². The Balaban J connectivity index is 2.43. The zero-order valence-electron chi connectivity index (χ0n) is 9.00. The third-order valence-electron chi connectivity index (χ3n) is 1.86. The molecule has 0 aromatic carbocycles. The lowest BCUT2D eigenvalue weighted by Gasteiger charge is -2.01. The zero-order chi connectivity index (χ0) is 11.1. The number of carbonyl (C=O) groups is 1. The lowest BCUT2D eigenvalue weighted by atomic mass is 10.3. The van der Waals surface area contributed by atoms with Crippen LogP contribution in [0.4, 0.5) is 0 Å². The molecule has 1 aromatic rings. The highest BCUT2D eigenvalue weighted by Crippen LogP contribution is 2.14. The van der Waals surface area contributed by atoms with Crippen molar-refractivity contribution >= 4 is 17.2 Å². The van der Waals surface area contributed by atoms with E-state index >= 15 is 0 Å². The van der Waals surface area contributed by atoms with Crippen molar-refractivity contribution in [2.45, 2.75) is 6.54 Å². The first-order chi connectivity index (χ1) is 7.27. The summed E-state index contributed by atoms with van der Waals surface area (Å²) in [4.78, 5) is 12.7. The van der Waals surface area contributed by atoms with Crippen molar-refractivity contribution < 1.29 is 9.53 Å². The van der Waals surface area contributed by atoms with E-state index in [-0.39, 0.29) is 5.91 Å². The molecule has 1 amide bonds. The Morgan fingerprint density at radius 3 is 3.07 bits per heavy atom. The number of hydrogen-bond donors (Lipinski definition) is 2. The third-order valence-corrected chi connectivity index (χ3v) is 2.80. The monoisotopic (exact) mass is 228 g/mol. The van der Waals surface area contributed by atoms with Gasteiger partial charge in [0.1, 0.15) is 0 Å². The Kier molecular flexibility index (Phi) is 5.31. The van der Waals surface area contributed by atoms with E-state index < -0.39 is 0 Å². The number of nitrogens with one attached hydrogen (secondary N) is 2. The normalized spacial score (nSPS) is 10.3. The Labute approximate surface area is 93.6 Å². The van der Waals surface area contributed by atoms with Crippen molar-refractivity contribution in [1.82, 2.24) is 10.6 Å². The fraction of sp³-hybridized carbons (Fsp3) is 0.500. The molecule has 0 spiro atoms. The molecule has 0 saturated carbocycles. The van der Waals surface area contributed by atoms with E-state index in [0.29, 0.717) is 13.2 Å². The summed E-state index contributed by atoms with van der Waals surface area (Å²) in [7, 11) is 3.50. The summed E-state index contributed by atoms with van der Waals surface area (Å²) < 4.78 is 4.85. The highest BCUT2D eigenvalue weighted by atomic mass is 32.1. The first kappa shape index (κ1) is 12.2. The van der Waals surface area contributed by atoms with Crippen LogP contribution >= 0.6 is 11.3 Å². The standard InChI is InChI=1S/C10H16N2O2S/c1-11-6-9-5-8(7-15-9)10(13)12-3-4-14-2/h5,7,11H,3-4,6H2,1-2H3,(H,12,13). The zero-order valence-corrected chi connectivity index (χ0v) is 9.82. The number of rotatable bonds is 6. The SMILES string of the molecule is CNCc1cc(C(=O)NCCOC)cs1. The number of thiophene rings is 1. The molecule has 0 aliphatic heterocycles. The van der Waals surface area contributed by atoms with Gasteiger partial charge in [-0.3, -0.25) is 4.79 Å². The maximum absolute atomic E-state index is 11.6. The van der Waals surface area contributed by atoms with Gasteiger partial charge in [-0.15, -0.1) is 11.3 Å². The van der Waals surface area contributed by atoms with Crippen molar-refractivity contribution in [3.05, 3.63) is 21.9 Å². The molecule has 84 valence electrons. The van der Waals surface area contributed by atoms with Gasteiger partial charge in [0, 0.05) is 30.5 Å². The first-order valence-corrected chi connectivity index (χ1v) is 5.65. The molecule has 15 heavy (non-hydrogen) atoms. The summed E-state index contributed by atoms with van der Waals surface area (Å²) in [6.45, 7) is 1.89. The summed E-state index contributed by atoms with van der Waals surface area (Å²) in [5.41, 5.74) is 0.723. The molecule has 1 rings (SSSR count). The maximum atomic E-state index is 11.6. The van der Waals surface area contributed by atoms with E-state index in [4.69, 9.17) is 4.74 Å². The molecule has 2 N–H and O–H groups in total. The van der Waals surface area contributed by atoms with Crippen LogP contribution < -0.4 is 10.6 Å². The van der Waals surface area contributed by atoms with Gasteiger partial charge in [0.2, 0.25) is 0 Å². The molecule has 0 atom stereocenters. The van der Waals surface area contributed by atoms with Crippen LogP contribution in [0.1, 0.15) is 15.2 Å². The van der Waals surface area contributed by atoms with Gasteiger partial charge in [-0.25, -0.2) is 0 Å². The largest absolute Gasteiger partial charge is 0.383 e. The average molecular weight is 228 g/mol. The van der Waals surface area contributed by atoms with Gasteiger partial charge in [-0.2, -0.15) is 0 Å². The molecule has 4 nitrogen and oxygen atoms in total. The number of carbonyl (C=O) groups excluding carboxylic acids is 1. The highest BCUT2D eigenvalue weighted by Gasteiger charge is 2.07. The minimum Gasteiger partial charge on any atom is -0.383 e. The van der Waals surface area contributed by atoms with Crippen LogP contribution in [0, 0.1) is 0 Å². The van der Waals surface area contributed by atoms with Crippen LogP contribution in [0.2, 0.25) is 0 Å². The second-order valence-corrected chi connectivity index (χ2v) is 4.08. The Morgan fingerprint density at radius 1 is 1.60 bits per heavy atom. The van der Waals surface area contributed by atoms with Crippen LogP contribution in [0.5, 0.6) is 0 Å². The molecule has 0 unspecified atom stereocenters. The van der Waals surface area contributed by atoms with Gasteiger partial charge < -0.3 is 15.4 Å². The molecular weight excluding hydrogens is 212 g/mol. The summed E-state index contributed by atoms with van der Waals surface area (Å²) in [6.07, 6.45) is 0. The van der Waals surface area contributed by atoms with Crippen LogP contribution in [0.15, 0.2) is 11.4 Å². The Bertz CT molecular complexity index is 312. The number of hydrogen-bond acceptors (Lipinski definition) is 4. The lowest BCUT2D eigenvalue weighted by Crippen LogP contribution is -2.26. The molecule has 5 heteroatoms. The molecule has 0 aliphatic carbocycles. The van der Waals surface area contributed by atoms with Gasteiger partial charge in [-0.1, -0.05) is 0 Å². The topological polar surface area (TPSA) is 50.4 Å². The Morgan fingerprint density at radius 2 is 2.40 bits per heavy atom. The fourth-order valence-electron chi connectivity index (χ4n) is 1.14. The molecule has 0 radical (unpaired) electrons. The second kappa shape index (κ2) is 6.55. The third kappa shape index (κ3) is 3.99. The highest BCUT2D eigenvalue weighted by molar-refractivity contribution is 7.10. The van der Waals surface area contributed by atoms with E-state index in [1.807, 2.05) is 18.5 Å². The van der Waals surface area contributed by atoms with Gasteiger partial charge in [-0.05, 0) is 13.1 Å². The van der Waals surface area contributed by atoms with E-state index in [1.165, 1.54) is 0 Å². The van der Waals surface area contributed by atoms with Gasteiger partial charge in [0.05, 0.1) is 12.2 Å². The van der Waals surface area contributed by atoms with E-state index in [2.05, 4.69) is 10.6 Å². The molecular formula is C10H16N2O2S. The molecule has 0 aliphatic rings. The minimum absolute atomic E-state index is 0.0364.